The van der Waals surface area contributed by atoms with Crippen LogP contribution in [0.5, 0.6) is 0 Å². The molecule has 0 aliphatic carbocycles. The number of hydrogen-bond acceptors (Lipinski definition) is 1. The Kier molecular flexibility index (Phi) is 4.08. The van der Waals surface area contributed by atoms with E-state index in [-0.39, 0.29) is 0 Å². The van der Waals surface area contributed by atoms with E-state index in [9.17, 15) is 0 Å². The van der Waals surface area contributed by atoms with E-state index in [1.54, 1.807) is 7.41 Å². The lowest BCUT2D eigenvalue weighted by molar-refractivity contribution is 1.76. The molecule has 0 N–H and O–H groups in total. The molecule has 0 aromatic carbocycles. The molecule has 0 saturated heterocycles. The fraction of sp³-hybridized carbons (Fsp3) is 0.250. The second-order valence-electron chi connectivity index (χ2n) is 0.857. The van der Waals surface area contributed by atoms with Gasteiger partial charge in [0.15, 0.2) is 0 Å². The Morgan fingerprint density at radius 3 is 2.67 bits per heavy atom. The molecule has 0 aliphatic rings. The minimum absolute atomic E-state index is 1.64. The summed E-state index contributed by atoms with van der Waals surface area (Å²) >= 11 is 0. The van der Waals surface area contributed by atoms with Crippen molar-refractivity contribution in [2.24, 2.45) is 4.90 Å². The lowest BCUT2D eigenvalue weighted by Gasteiger charge is -1.66. The van der Waals surface area contributed by atoms with Crippen molar-refractivity contribution in [3.63, 3.8) is 0 Å². The van der Waals surface area contributed by atoms with E-state index in [0.717, 1.165) is 0 Å². The third-order valence-electron chi connectivity index (χ3n) is 0.384. The summed E-state index contributed by atoms with van der Waals surface area (Å²) in [5.74, 6) is 1.83. The first-order valence-corrected chi connectivity index (χ1v) is 1.82. The van der Waals surface area contributed by atoms with Crippen molar-refractivity contribution >= 4 is 14.1 Å². The second kappa shape index (κ2) is 4.47. The molecule has 0 unspecified atom stereocenters. The van der Waals surface area contributed by atoms with Crippen molar-refractivity contribution in [3.05, 3.63) is 12.1 Å². The van der Waals surface area contributed by atoms with Crippen molar-refractivity contribution in [2.75, 3.05) is 0 Å². The van der Waals surface area contributed by atoms with E-state index >= 15 is 0 Å². The Labute approximate surface area is 39.0 Å². The van der Waals surface area contributed by atoms with Crippen LogP contribution in [0.15, 0.2) is 17.0 Å². The largest absolute Gasteiger partial charge is 0.357 e. The van der Waals surface area contributed by atoms with Gasteiger partial charge in [-0.25, -0.2) is 0 Å². The van der Waals surface area contributed by atoms with Crippen molar-refractivity contribution in [1.82, 2.24) is 0 Å². The van der Waals surface area contributed by atoms with Crippen LogP contribution in [0.2, 0.25) is 0 Å². The van der Waals surface area contributed by atoms with E-state index in [0.29, 0.717) is 0 Å². The summed E-state index contributed by atoms with van der Waals surface area (Å²) < 4.78 is 0. The summed E-state index contributed by atoms with van der Waals surface area (Å²) in [5, 5.41) is 0. The van der Waals surface area contributed by atoms with Gasteiger partial charge in [-0.05, 0) is 13.6 Å². The summed E-state index contributed by atoms with van der Waals surface area (Å²) in [7, 11) is 1.64. The maximum Gasteiger partial charge on any atom is 0.302 e. The Morgan fingerprint density at radius 2 is 2.50 bits per heavy atom. The van der Waals surface area contributed by atoms with Crippen LogP contribution < -0.4 is 0 Å². The molecule has 0 rings (SSSR count). The van der Waals surface area contributed by atoms with Crippen LogP contribution in [0.25, 0.3) is 0 Å². The molecule has 31 valence electrons. The van der Waals surface area contributed by atoms with E-state index in [1.807, 2.05) is 19.0 Å². The quantitative estimate of drug-likeness (QED) is 0.344. The molecule has 0 heterocycles. The van der Waals surface area contributed by atoms with Gasteiger partial charge in [0.05, 0.1) is 0 Å². The molecule has 0 fully saturated rings. The van der Waals surface area contributed by atoms with Gasteiger partial charge < -0.3 is 4.90 Å². The molecular formula is C4H7BN. The van der Waals surface area contributed by atoms with Gasteiger partial charge in [0, 0.05) is 0 Å². The highest BCUT2D eigenvalue weighted by Crippen LogP contribution is 1.63. The molecule has 1 nitrogen and oxygen atoms in total. The minimum Gasteiger partial charge on any atom is -0.357 e. The molecule has 0 aromatic rings. The molecule has 2 heteroatoms. The van der Waals surface area contributed by atoms with Gasteiger partial charge in [0.2, 0.25) is 0 Å². The first-order valence-electron chi connectivity index (χ1n) is 1.82. The maximum absolute atomic E-state index is 3.46. The van der Waals surface area contributed by atoms with Gasteiger partial charge in [-0.2, -0.15) is 0 Å². The first-order chi connectivity index (χ1) is 2.91. The fourth-order valence-electron chi connectivity index (χ4n) is 0.147. The molecule has 0 spiro atoms. The van der Waals surface area contributed by atoms with Crippen molar-refractivity contribution in [3.8, 4) is 0 Å². The van der Waals surface area contributed by atoms with Gasteiger partial charge in [-0.1, -0.05) is 12.1 Å². The average Bonchev–Trinajstić information content (AvgIpc) is 1.61. The van der Waals surface area contributed by atoms with Gasteiger partial charge in [-0.3, -0.25) is 0 Å². The summed E-state index contributed by atoms with van der Waals surface area (Å²) in [4.78, 5) is 3.46. The summed E-state index contributed by atoms with van der Waals surface area (Å²) in [6, 6.07) is 0. The van der Waals surface area contributed by atoms with Crippen LogP contribution in [-0.4, -0.2) is 14.1 Å². The average molecular weight is 79.9 g/mol. The molecule has 1 radical (unpaired) electrons. The third-order valence-corrected chi connectivity index (χ3v) is 0.384. The number of rotatable bonds is 2. The Hall–Kier alpha value is -0.525. The zero-order valence-electron chi connectivity index (χ0n) is 3.89. The molecule has 6 heavy (non-hydrogen) atoms. The predicted molar refractivity (Wildman–Crippen MR) is 30.1 cm³/mol. The van der Waals surface area contributed by atoms with Crippen LogP contribution in [-0.2, 0) is 0 Å². The summed E-state index contributed by atoms with van der Waals surface area (Å²) in [5.41, 5.74) is 0. The lowest BCUT2D eigenvalue weighted by Crippen LogP contribution is -1.70. The molecule has 0 aliphatic heterocycles. The van der Waals surface area contributed by atoms with Crippen molar-refractivity contribution in [1.29, 1.82) is 0 Å². The number of hydrogen-bond donors (Lipinski definition) is 0. The van der Waals surface area contributed by atoms with Gasteiger partial charge >= 0.3 is 7.41 Å². The number of nitrogens with zero attached hydrogens (tertiary/aromatic N) is 1. The molecule has 0 aromatic heterocycles. The molecule has 0 atom stereocenters. The van der Waals surface area contributed by atoms with Crippen LogP contribution in [0.4, 0.5) is 0 Å². The highest BCUT2D eigenvalue weighted by molar-refractivity contribution is 6.40. The van der Waals surface area contributed by atoms with Crippen LogP contribution in [0.1, 0.15) is 6.92 Å². The van der Waals surface area contributed by atoms with E-state index in [2.05, 4.69) is 11.6 Å². The highest BCUT2D eigenvalue weighted by Gasteiger charge is 1.65. The first kappa shape index (κ1) is 5.47. The van der Waals surface area contributed by atoms with E-state index in [4.69, 9.17) is 0 Å². The number of allylic oxidation sites excluding steroid dienone is 1. The van der Waals surface area contributed by atoms with Crippen LogP contribution in [0, 0.1) is 0 Å². The predicted octanol–water partition coefficient (Wildman–Crippen LogP) is 0.840. The minimum atomic E-state index is 1.64. The molecule has 0 saturated carbocycles. The zero-order valence-corrected chi connectivity index (χ0v) is 3.89. The fourth-order valence-corrected chi connectivity index (χ4v) is 0.147. The Bertz CT molecular complexity index is 58.6. The SMILES string of the molecule is C=N[B]/C=C\C. The third kappa shape index (κ3) is 3.47. The Balaban J connectivity index is 2.85. The standard InChI is InChI=1S/C4H7BN/c1-3-4-5-6-2/h3-4H,2H2,1H3/b4-3-. The monoisotopic (exact) mass is 80.1 g/mol. The van der Waals surface area contributed by atoms with Gasteiger partial charge in [0.25, 0.3) is 0 Å². The Morgan fingerprint density at radius 1 is 1.83 bits per heavy atom. The highest BCUT2D eigenvalue weighted by atomic mass is 14.5. The summed E-state index contributed by atoms with van der Waals surface area (Å²) in [6.45, 7) is 5.17. The maximum atomic E-state index is 3.46. The summed E-state index contributed by atoms with van der Waals surface area (Å²) in [6.07, 6.45) is 1.90. The van der Waals surface area contributed by atoms with Gasteiger partial charge in [-0.15, -0.1) is 0 Å². The smallest absolute Gasteiger partial charge is 0.302 e. The molecule has 0 amide bonds. The van der Waals surface area contributed by atoms with E-state index in [1.165, 1.54) is 0 Å². The van der Waals surface area contributed by atoms with Crippen LogP contribution >= 0.6 is 0 Å². The normalized spacial score (nSPS) is 8.83. The zero-order chi connectivity index (χ0) is 4.83. The topological polar surface area (TPSA) is 12.4 Å². The van der Waals surface area contributed by atoms with E-state index < -0.39 is 0 Å². The van der Waals surface area contributed by atoms with Crippen molar-refractivity contribution in [2.45, 2.75) is 6.92 Å². The molecular weight excluding hydrogens is 72.9 g/mol. The second-order valence-corrected chi connectivity index (χ2v) is 0.857. The van der Waals surface area contributed by atoms with Gasteiger partial charge in [0.1, 0.15) is 0 Å². The molecule has 0 bridgehead atoms. The van der Waals surface area contributed by atoms with Crippen LogP contribution in [0.3, 0.4) is 0 Å². The van der Waals surface area contributed by atoms with Crippen molar-refractivity contribution < 1.29 is 0 Å². The lowest BCUT2D eigenvalue weighted by atomic mass is 9.97.